The molecule has 112 valence electrons. The van der Waals surface area contributed by atoms with Gasteiger partial charge in [0.15, 0.2) is 5.82 Å². The SMILES string of the molecule is CCNc1nc(C2(C)CCCO2)nc(C(C)(C)C)c1I. The molecule has 0 amide bonds. The van der Waals surface area contributed by atoms with Crippen molar-refractivity contribution in [1.29, 1.82) is 0 Å². The van der Waals surface area contributed by atoms with Gasteiger partial charge in [-0.2, -0.15) is 0 Å². The summed E-state index contributed by atoms with van der Waals surface area (Å²) in [6, 6.07) is 0. The van der Waals surface area contributed by atoms with Gasteiger partial charge in [-0.05, 0) is 49.3 Å². The molecule has 0 spiro atoms. The van der Waals surface area contributed by atoms with E-state index >= 15 is 0 Å². The molecule has 0 bridgehead atoms. The van der Waals surface area contributed by atoms with E-state index in [0.717, 1.165) is 46.9 Å². The average Bonchev–Trinajstić information content (AvgIpc) is 2.78. The van der Waals surface area contributed by atoms with Crippen LogP contribution in [-0.2, 0) is 15.8 Å². The first-order valence-corrected chi connectivity index (χ1v) is 8.32. The van der Waals surface area contributed by atoms with Crippen molar-refractivity contribution in [1.82, 2.24) is 9.97 Å². The first-order valence-electron chi connectivity index (χ1n) is 7.24. The lowest BCUT2D eigenvalue weighted by Gasteiger charge is -2.27. The van der Waals surface area contributed by atoms with Crippen LogP contribution in [-0.4, -0.2) is 23.1 Å². The van der Waals surface area contributed by atoms with Crippen LogP contribution in [0.5, 0.6) is 0 Å². The van der Waals surface area contributed by atoms with Crippen LogP contribution in [0.15, 0.2) is 0 Å². The zero-order chi connectivity index (χ0) is 15.0. The second kappa shape index (κ2) is 5.75. The summed E-state index contributed by atoms with van der Waals surface area (Å²) in [4.78, 5) is 9.59. The fraction of sp³-hybridized carbons (Fsp3) is 0.733. The van der Waals surface area contributed by atoms with Gasteiger partial charge in [0.05, 0.1) is 9.26 Å². The van der Waals surface area contributed by atoms with Gasteiger partial charge >= 0.3 is 0 Å². The third-order valence-electron chi connectivity index (χ3n) is 3.60. The van der Waals surface area contributed by atoms with Crippen LogP contribution in [0.2, 0.25) is 0 Å². The molecule has 0 aliphatic carbocycles. The van der Waals surface area contributed by atoms with Crippen molar-refractivity contribution < 1.29 is 4.74 Å². The monoisotopic (exact) mass is 389 g/mol. The van der Waals surface area contributed by atoms with Gasteiger partial charge in [0.2, 0.25) is 0 Å². The van der Waals surface area contributed by atoms with Crippen LogP contribution in [0.25, 0.3) is 0 Å². The minimum atomic E-state index is -0.339. The lowest BCUT2D eigenvalue weighted by molar-refractivity contribution is 0.00909. The number of anilines is 1. The Bertz CT molecular complexity index is 491. The van der Waals surface area contributed by atoms with Gasteiger partial charge in [-0.1, -0.05) is 20.8 Å². The minimum absolute atomic E-state index is 0.00660. The molecule has 2 rings (SSSR count). The largest absolute Gasteiger partial charge is 0.369 e. The van der Waals surface area contributed by atoms with Crippen LogP contribution in [0.3, 0.4) is 0 Å². The molecule has 20 heavy (non-hydrogen) atoms. The number of hydrogen-bond donors (Lipinski definition) is 1. The van der Waals surface area contributed by atoms with Gasteiger partial charge in [-0.15, -0.1) is 0 Å². The first kappa shape index (κ1) is 15.9. The van der Waals surface area contributed by atoms with Crippen molar-refractivity contribution in [3.05, 3.63) is 15.1 Å². The molecule has 2 heterocycles. The lowest BCUT2D eigenvalue weighted by Crippen LogP contribution is -2.28. The Morgan fingerprint density at radius 1 is 1.35 bits per heavy atom. The normalized spacial score (nSPS) is 23.1. The highest BCUT2D eigenvalue weighted by molar-refractivity contribution is 14.1. The summed E-state index contributed by atoms with van der Waals surface area (Å²) < 4.78 is 7.03. The fourth-order valence-corrected chi connectivity index (χ4v) is 3.66. The van der Waals surface area contributed by atoms with Crippen LogP contribution >= 0.6 is 22.6 Å². The Morgan fingerprint density at radius 2 is 2.05 bits per heavy atom. The van der Waals surface area contributed by atoms with E-state index in [1.54, 1.807) is 0 Å². The van der Waals surface area contributed by atoms with Crippen molar-refractivity contribution in [3.63, 3.8) is 0 Å². The van der Waals surface area contributed by atoms with E-state index in [1.807, 2.05) is 0 Å². The Morgan fingerprint density at radius 3 is 2.55 bits per heavy atom. The molecule has 1 aliphatic heterocycles. The van der Waals surface area contributed by atoms with Crippen LogP contribution in [0.4, 0.5) is 5.82 Å². The van der Waals surface area contributed by atoms with Gasteiger partial charge in [0.1, 0.15) is 11.4 Å². The fourth-order valence-electron chi connectivity index (χ4n) is 2.42. The molecule has 1 aromatic heterocycles. The summed E-state index contributed by atoms with van der Waals surface area (Å²) in [5.41, 5.74) is 0.748. The second-order valence-corrected chi connectivity index (χ2v) is 7.60. The van der Waals surface area contributed by atoms with E-state index in [-0.39, 0.29) is 11.0 Å². The average molecular weight is 389 g/mol. The Balaban J connectivity index is 2.55. The Hall–Kier alpha value is -0.430. The van der Waals surface area contributed by atoms with Crippen molar-refractivity contribution in [3.8, 4) is 0 Å². The Kier molecular flexibility index (Phi) is 4.59. The van der Waals surface area contributed by atoms with Gasteiger partial charge < -0.3 is 10.1 Å². The smallest absolute Gasteiger partial charge is 0.162 e. The molecule has 0 saturated carbocycles. The molecule has 0 aromatic carbocycles. The molecule has 1 saturated heterocycles. The van der Waals surface area contributed by atoms with Crippen molar-refractivity contribution >= 4 is 28.4 Å². The topological polar surface area (TPSA) is 47.0 Å². The summed E-state index contributed by atoms with van der Waals surface area (Å²) in [6.45, 7) is 12.4. The molecule has 1 aromatic rings. The highest BCUT2D eigenvalue weighted by atomic mass is 127. The molecular weight excluding hydrogens is 365 g/mol. The molecule has 1 aliphatic rings. The number of hydrogen-bond acceptors (Lipinski definition) is 4. The summed E-state index contributed by atoms with van der Waals surface area (Å²) in [6.07, 6.45) is 2.07. The third kappa shape index (κ3) is 3.08. The maximum absolute atomic E-state index is 5.91. The highest BCUT2D eigenvalue weighted by Crippen LogP contribution is 2.37. The van der Waals surface area contributed by atoms with E-state index in [4.69, 9.17) is 14.7 Å². The summed E-state index contributed by atoms with van der Waals surface area (Å²) in [5.74, 6) is 1.75. The number of ether oxygens (including phenoxy) is 1. The number of aromatic nitrogens is 2. The van der Waals surface area contributed by atoms with Gasteiger partial charge in [0.25, 0.3) is 0 Å². The zero-order valence-corrected chi connectivity index (χ0v) is 15.2. The van der Waals surface area contributed by atoms with Crippen molar-refractivity contribution in [2.45, 2.75) is 58.5 Å². The summed E-state index contributed by atoms with van der Waals surface area (Å²) >= 11 is 2.35. The molecule has 1 fully saturated rings. The summed E-state index contributed by atoms with van der Waals surface area (Å²) in [5, 5.41) is 3.36. The van der Waals surface area contributed by atoms with Crippen LogP contribution in [0.1, 0.15) is 59.0 Å². The van der Waals surface area contributed by atoms with Gasteiger partial charge in [0, 0.05) is 18.6 Å². The zero-order valence-electron chi connectivity index (χ0n) is 13.0. The first-order chi connectivity index (χ1) is 9.28. The van der Waals surface area contributed by atoms with Crippen LogP contribution < -0.4 is 5.32 Å². The maximum Gasteiger partial charge on any atom is 0.162 e. The van der Waals surface area contributed by atoms with E-state index < -0.39 is 0 Å². The quantitative estimate of drug-likeness (QED) is 0.799. The minimum Gasteiger partial charge on any atom is -0.369 e. The van der Waals surface area contributed by atoms with E-state index in [0.29, 0.717) is 0 Å². The molecular formula is C15H24IN3O. The highest BCUT2D eigenvalue weighted by Gasteiger charge is 2.37. The molecule has 4 nitrogen and oxygen atoms in total. The maximum atomic E-state index is 5.91. The van der Waals surface area contributed by atoms with Gasteiger partial charge in [-0.3, -0.25) is 0 Å². The van der Waals surface area contributed by atoms with Crippen LogP contribution in [0, 0.1) is 3.57 Å². The van der Waals surface area contributed by atoms with Gasteiger partial charge in [-0.25, -0.2) is 9.97 Å². The van der Waals surface area contributed by atoms with E-state index in [1.165, 1.54) is 0 Å². The standard InChI is InChI=1S/C15H24IN3O/c1-6-17-12-10(16)11(14(2,3)4)18-13(19-12)15(5)8-7-9-20-15/h6-9H2,1-5H3,(H,17,18,19). The number of nitrogens with one attached hydrogen (secondary N) is 1. The third-order valence-corrected chi connectivity index (χ3v) is 4.62. The lowest BCUT2D eigenvalue weighted by atomic mass is 9.91. The van der Waals surface area contributed by atoms with Crippen molar-refractivity contribution in [2.24, 2.45) is 0 Å². The van der Waals surface area contributed by atoms with E-state index in [2.05, 4.69) is 62.5 Å². The number of halogens is 1. The number of rotatable bonds is 3. The molecule has 5 heteroatoms. The predicted octanol–water partition coefficient (Wildman–Crippen LogP) is 3.84. The molecule has 1 atom stereocenters. The second-order valence-electron chi connectivity index (χ2n) is 6.52. The predicted molar refractivity (Wildman–Crippen MR) is 90.2 cm³/mol. The number of nitrogens with zero attached hydrogens (tertiary/aromatic N) is 2. The molecule has 1 N–H and O–H groups in total. The van der Waals surface area contributed by atoms with E-state index in [9.17, 15) is 0 Å². The molecule has 1 unspecified atom stereocenters. The summed E-state index contributed by atoms with van der Waals surface area (Å²) in [7, 11) is 0. The van der Waals surface area contributed by atoms with Crippen molar-refractivity contribution in [2.75, 3.05) is 18.5 Å². The molecule has 0 radical (unpaired) electrons. The Labute approximate surface area is 135 Å².